The van der Waals surface area contributed by atoms with Gasteiger partial charge in [0.15, 0.2) is 0 Å². The molecular weight excluding hydrogens is 229 g/mol. The third-order valence-corrected chi connectivity index (χ3v) is 2.04. The molecule has 1 aromatic rings. The molecule has 0 heterocycles. The Balaban J connectivity index is 3.11. The molecule has 82 valence electrons. The topological polar surface area (TPSA) is 20.2 Å². The molecule has 0 aliphatic carbocycles. The van der Waals surface area contributed by atoms with Crippen LogP contribution in [0.25, 0.3) is 6.08 Å². The second-order valence-corrected chi connectivity index (χ2v) is 3.23. The number of alkyl halides is 3. The average molecular weight is 237 g/mol. The minimum absolute atomic E-state index is 0.218. The Morgan fingerprint density at radius 2 is 2.00 bits per heavy atom. The number of benzene rings is 1. The maximum atomic E-state index is 12.4. The summed E-state index contributed by atoms with van der Waals surface area (Å²) < 4.78 is 37.2. The SMILES string of the molecule is OC/C=C/c1ccc(Cl)c(C(F)(F)F)c1. The van der Waals surface area contributed by atoms with E-state index in [2.05, 4.69) is 0 Å². The van der Waals surface area contributed by atoms with E-state index in [1.807, 2.05) is 0 Å². The molecule has 15 heavy (non-hydrogen) atoms. The van der Waals surface area contributed by atoms with Crippen molar-refractivity contribution in [3.05, 3.63) is 40.4 Å². The first-order valence-corrected chi connectivity index (χ1v) is 4.47. The van der Waals surface area contributed by atoms with Crippen LogP contribution in [0.5, 0.6) is 0 Å². The highest BCUT2D eigenvalue weighted by molar-refractivity contribution is 6.31. The summed E-state index contributed by atoms with van der Waals surface area (Å²) in [5.74, 6) is 0. The molecule has 1 aromatic carbocycles. The molecule has 1 N–H and O–H groups in total. The van der Waals surface area contributed by atoms with Crippen LogP contribution in [0.1, 0.15) is 11.1 Å². The van der Waals surface area contributed by atoms with Gasteiger partial charge >= 0.3 is 6.18 Å². The Kier molecular flexibility index (Phi) is 3.77. The molecule has 0 radical (unpaired) electrons. The van der Waals surface area contributed by atoms with E-state index in [0.717, 1.165) is 6.07 Å². The summed E-state index contributed by atoms with van der Waals surface area (Å²) in [5, 5.41) is 8.15. The van der Waals surface area contributed by atoms with Gasteiger partial charge in [-0.2, -0.15) is 13.2 Å². The quantitative estimate of drug-likeness (QED) is 0.835. The molecule has 1 rings (SSSR count). The predicted octanol–water partition coefficient (Wildman–Crippen LogP) is 3.36. The van der Waals surface area contributed by atoms with E-state index in [0.29, 0.717) is 5.56 Å². The standard InChI is InChI=1S/C10H8ClF3O/c11-9-4-3-7(2-1-5-15)6-8(9)10(12,13)14/h1-4,6,15H,5H2/b2-1+. The van der Waals surface area contributed by atoms with E-state index in [4.69, 9.17) is 16.7 Å². The highest BCUT2D eigenvalue weighted by Gasteiger charge is 2.33. The Morgan fingerprint density at radius 3 is 2.53 bits per heavy atom. The lowest BCUT2D eigenvalue weighted by Gasteiger charge is -2.09. The lowest BCUT2D eigenvalue weighted by Crippen LogP contribution is -2.05. The number of hydrogen-bond donors (Lipinski definition) is 1. The van der Waals surface area contributed by atoms with Crippen molar-refractivity contribution in [2.24, 2.45) is 0 Å². The molecule has 0 spiro atoms. The first kappa shape index (κ1) is 12.1. The molecule has 5 heteroatoms. The summed E-state index contributed by atoms with van der Waals surface area (Å²) in [7, 11) is 0. The summed E-state index contributed by atoms with van der Waals surface area (Å²) in [6.07, 6.45) is -1.71. The van der Waals surface area contributed by atoms with Crippen molar-refractivity contribution in [2.45, 2.75) is 6.18 Å². The third kappa shape index (κ3) is 3.25. The molecule has 0 aliphatic rings. The summed E-state index contributed by atoms with van der Waals surface area (Å²) in [6, 6.07) is 3.57. The number of aliphatic hydroxyl groups excluding tert-OH is 1. The van der Waals surface area contributed by atoms with Gasteiger partial charge in [0, 0.05) is 0 Å². The Hall–Kier alpha value is -1.00. The summed E-state index contributed by atoms with van der Waals surface area (Å²) in [4.78, 5) is 0. The van der Waals surface area contributed by atoms with Crippen LogP contribution in [0, 0.1) is 0 Å². The lowest BCUT2D eigenvalue weighted by molar-refractivity contribution is -0.137. The number of aliphatic hydroxyl groups is 1. The highest BCUT2D eigenvalue weighted by atomic mass is 35.5. The maximum Gasteiger partial charge on any atom is 0.417 e. The highest BCUT2D eigenvalue weighted by Crippen LogP contribution is 2.35. The normalized spacial score (nSPS) is 12.3. The molecule has 0 fully saturated rings. The molecule has 0 amide bonds. The Bertz CT molecular complexity index is 371. The van der Waals surface area contributed by atoms with Crippen LogP contribution >= 0.6 is 11.6 Å². The maximum absolute atomic E-state index is 12.4. The smallest absolute Gasteiger partial charge is 0.392 e. The van der Waals surface area contributed by atoms with Crippen LogP contribution in [-0.4, -0.2) is 11.7 Å². The fraction of sp³-hybridized carbons (Fsp3) is 0.200. The molecular formula is C10H8ClF3O. The van der Waals surface area contributed by atoms with Gasteiger partial charge in [-0.3, -0.25) is 0 Å². The zero-order valence-corrected chi connectivity index (χ0v) is 8.31. The van der Waals surface area contributed by atoms with Gasteiger partial charge in [-0.25, -0.2) is 0 Å². The lowest BCUT2D eigenvalue weighted by atomic mass is 10.1. The van der Waals surface area contributed by atoms with E-state index in [-0.39, 0.29) is 11.6 Å². The third-order valence-electron chi connectivity index (χ3n) is 1.71. The van der Waals surface area contributed by atoms with Crippen LogP contribution in [0.3, 0.4) is 0 Å². The summed E-state index contributed by atoms with van der Waals surface area (Å²) >= 11 is 5.42. The van der Waals surface area contributed by atoms with E-state index in [9.17, 15) is 13.2 Å². The molecule has 0 atom stereocenters. The zero-order chi connectivity index (χ0) is 11.5. The molecule has 0 unspecified atom stereocenters. The van der Waals surface area contributed by atoms with Crippen LogP contribution < -0.4 is 0 Å². The van der Waals surface area contributed by atoms with Crippen LogP contribution in [-0.2, 0) is 6.18 Å². The van der Waals surface area contributed by atoms with Crippen molar-refractivity contribution in [1.82, 2.24) is 0 Å². The molecule has 0 saturated carbocycles. The van der Waals surface area contributed by atoms with Crippen molar-refractivity contribution in [1.29, 1.82) is 0 Å². The van der Waals surface area contributed by atoms with E-state index < -0.39 is 11.7 Å². The predicted molar refractivity (Wildman–Crippen MR) is 52.6 cm³/mol. The Labute approximate surface area is 89.8 Å². The van der Waals surface area contributed by atoms with Gasteiger partial charge in [0.25, 0.3) is 0 Å². The van der Waals surface area contributed by atoms with Crippen LogP contribution in [0.4, 0.5) is 13.2 Å². The fourth-order valence-electron chi connectivity index (χ4n) is 1.05. The van der Waals surface area contributed by atoms with E-state index >= 15 is 0 Å². The monoisotopic (exact) mass is 236 g/mol. The van der Waals surface area contributed by atoms with Crippen molar-refractivity contribution in [3.8, 4) is 0 Å². The second-order valence-electron chi connectivity index (χ2n) is 2.82. The second kappa shape index (κ2) is 4.68. The van der Waals surface area contributed by atoms with Gasteiger partial charge in [-0.05, 0) is 17.7 Å². The van der Waals surface area contributed by atoms with E-state index in [1.54, 1.807) is 0 Å². The van der Waals surface area contributed by atoms with Gasteiger partial charge in [-0.1, -0.05) is 29.8 Å². The van der Waals surface area contributed by atoms with Gasteiger partial charge < -0.3 is 5.11 Å². The molecule has 0 bridgehead atoms. The van der Waals surface area contributed by atoms with Crippen molar-refractivity contribution < 1.29 is 18.3 Å². The molecule has 0 saturated heterocycles. The minimum atomic E-state index is -4.46. The van der Waals surface area contributed by atoms with Gasteiger partial charge in [0.1, 0.15) is 0 Å². The summed E-state index contributed by atoms with van der Waals surface area (Å²) in [5.41, 5.74) is -0.523. The van der Waals surface area contributed by atoms with Gasteiger partial charge in [0.2, 0.25) is 0 Å². The number of rotatable bonds is 2. The zero-order valence-electron chi connectivity index (χ0n) is 7.55. The van der Waals surface area contributed by atoms with Crippen LogP contribution in [0.2, 0.25) is 5.02 Å². The van der Waals surface area contributed by atoms with Crippen LogP contribution in [0.15, 0.2) is 24.3 Å². The van der Waals surface area contributed by atoms with E-state index in [1.165, 1.54) is 24.3 Å². The Morgan fingerprint density at radius 1 is 1.33 bits per heavy atom. The van der Waals surface area contributed by atoms with Crippen molar-refractivity contribution >= 4 is 17.7 Å². The molecule has 0 aromatic heterocycles. The van der Waals surface area contributed by atoms with Crippen molar-refractivity contribution in [3.63, 3.8) is 0 Å². The molecule has 0 aliphatic heterocycles. The number of halogens is 4. The molecule has 1 nitrogen and oxygen atoms in total. The largest absolute Gasteiger partial charge is 0.417 e. The number of hydrogen-bond acceptors (Lipinski definition) is 1. The average Bonchev–Trinajstić information content (AvgIpc) is 2.15. The first-order valence-electron chi connectivity index (χ1n) is 4.09. The first-order chi connectivity index (χ1) is 6.95. The van der Waals surface area contributed by atoms with Gasteiger partial charge in [-0.15, -0.1) is 0 Å². The van der Waals surface area contributed by atoms with Gasteiger partial charge in [0.05, 0.1) is 17.2 Å². The minimum Gasteiger partial charge on any atom is -0.392 e. The summed E-state index contributed by atoms with van der Waals surface area (Å²) in [6.45, 7) is -0.218. The van der Waals surface area contributed by atoms with Crippen molar-refractivity contribution in [2.75, 3.05) is 6.61 Å². The fourth-order valence-corrected chi connectivity index (χ4v) is 1.28.